The van der Waals surface area contributed by atoms with Crippen LogP contribution in [0.15, 0.2) is 42.5 Å². The van der Waals surface area contributed by atoms with Crippen molar-refractivity contribution in [3.63, 3.8) is 0 Å². The largest absolute Gasteiger partial charge is 0.496 e. The average molecular weight is 296 g/mol. The van der Waals surface area contributed by atoms with Gasteiger partial charge in [-0.05, 0) is 31.3 Å². The second kappa shape index (κ2) is 6.41. The summed E-state index contributed by atoms with van der Waals surface area (Å²) >= 11 is 0. The number of likely N-dealkylation sites (N-methyl/N-ethyl adjacent to an activating group) is 1. The van der Waals surface area contributed by atoms with Gasteiger partial charge >= 0.3 is 0 Å². The van der Waals surface area contributed by atoms with E-state index in [1.807, 2.05) is 6.07 Å². The molecule has 0 spiro atoms. The lowest BCUT2D eigenvalue weighted by atomic mass is 10.1. The molecule has 0 atom stereocenters. The van der Waals surface area contributed by atoms with Gasteiger partial charge in [-0.15, -0.1) is 0 Å². The molecule has 0 saturated carbocycles. The lowest BCUT2D eigenvalue weighted by molar-refractivity contribution is 0.293. The van der Waals surface area contributed by atoms with Crippen LogP contribution in [-0.2, 0) is 6.54 Å². The predicted molar refractivity (Wildman–Crippen MR) is 93.8 cm³/mol. The Kier molecular flexibility index (Phi) is 4.34. The number of ether oxygens (including phenoxy) is 1. The third kappa shape index (κ3) is 2.46. The Hall–Kier alpha value is -2.00. The van der Waals surface area contributed by atoms with E-state index in [1.165, 1.54) is 21.8 Å². The van der Waals surface area contributed by atoms with Gasteiger partial charge in [-0.2, -0.15) is 0 Å². The van der Waals surface area contributed by atoms with Crippen molar-refractivity contribution in [2.75, 3.05) is 26.7 Å². The Morgan fingerprint density at radius 2 is 1.68 bits per heavy atom. The molecule has 0 N–H and O–H groups in total. The minimum atomic E-state index is 0.954. The fourth-order valence-electron chi connectivity index (χ4n) is 3.26. The number of hydrogen-bond acceptors (Lipinski definition) is 2. The maximum absolute atomic E-state index is 5.59. The maximum Gasteiger partial charge on any atom is 0.128 e. The Morgan fingerprint density at radius 1 is 0.955 bits per heavy atom. The van der Waals surface area contributed by atoms with Crippen LogP contribution in [0.2, 0.25) is 0 Å². The third-order valence-electron chi connectivity index (χ3n) is 4.51. The van der Waals surface area contributed by atoms with Gasteiger partial charge in [0.05, 0.1) is 12.6 Å². The molecule has 2 aromatic carbocycles. The Morgan fingerprint density at radius 3 is 2.41 bits per heavy atom. The fraction of sp³-hybridized carbons (Fsp3) is 0.368. The van der Waals surface area contributed by atoms with Crippen molar-refractivity contribution in [1.29, 1.82) is 0 Å². The molecule has 116 valence electrons. The van der Waals surface area contributed by atoms with Crippen LogP contribution < -0.4 is 4.74 Å². The summed E-state index contributed by atoms with van der Waals surface area (Å²) in [6, 6.07) is 14.9. The lowest BCUT2D eigenvalue weighted by Crippen LogP contribution is -2.26. The number of methoxy groups -OCH3 is 1. The summed E-state index contributed by atoms with van der Waals surface area (Å²) in [5.41, 5.74) is 2.54. The highest BCUT2D eigenvalue weighted by Crippen LogP contribution is 2.35. The van der Waals surface area contributed by atoms with Crippen LogP contribution in [0.4, 0.5) is 0 Å². The summed E-state index contributed by atoms with van der Waals surface area (Å²) in [5.74, 6) is 0.954. The predicted octanol–water partition coefficient (Wildman–Crippen LogP) is 4.14. The summed E-state index contributed by atoms with van der Waals surface area (Å²) in [5, 5.41) is 2.50. The van der Waals surface area contributed by atoms with Gasteiger partial charge in [-0.25, -0.2) is 0 Å². The molecule has 0 fully saturated rings. The van der Waals surface area contributed by atoms with Crippen LogP contribution in [0.1, 0.15) is 13.8 Å². The van der Waals surface area contributed by atoms with Crippen LogP contribution in [0, 0.1) is 0 Å². The second-order valence-electron chi connectivity index (χ2n) is 5.55. The molecule has 3 heteroatoms. The van der Waals surface area contributed by atoms with Gasteiger partial charge in [0.15, 0.2) is 0 Å². The van der Waals surface area contributed by atoms with E-state index in [2.05, 4.69) is 59.7 Å². The van der Waals surface area contributed by atoms with Gasteiger partial charge in [0.25, 0.3) is 0 Å². The summed E-state index contributed by atoms with van der Waals surface area (Å²) in [7, 11) is 1.75. The SMILES string of the molecule is CCN(CC)CCn1c2ccccc2c2c(OC)cccc21. The van der Waals surface area contributed by atoms with Crippen molar-refractivity contribution in [3.8, 4) is 5.75 Å². The molecule has 0 unspecified atom stereocenters. The molecule has 3 rings (SSSR count). The monoisotopic (exact) mass is 296 g/mol. The Labute approximate surface area is 132 Å². The molecule has 0 aliphatic heterocycles. The van der Waals surface area contributed by atoms with Gasteiger partial charge in [-0.3, -0.25) is 0 Å². The molecular formula is C19H24N2O. The van der Waals surface area contributed by atoms with Crippen molar-refractivity contribution >= 4 is 21.8 Å². The summed E-state index contributed by atoms with van der Waals surface area (Å²) in [4.78, 5) is 2.46. The molecule has 1 aromatic heterocycles. The van der Waals surface area contributed by atoms with Gasteiger partial charge in [0.1, 0.15) is 5.75 Å². The third-order valence-corrected chi connectivity index (χ3v) is 4.51. The van der Waals surface area contributed by atoms with Crippen molar-refractivity contribution in [2.24, 2.45) is 0 Å². The highest BCUT2D eigenvalue weighted by Gasteiger charge is 2.14. The second-order valence-corrected chi connectivity index (χ2v) is 5.55. The van der Waals surface area contributed by atoms with Gasteiger partial charge in [0.2, 0.25) is 0 Å². The molecular weight excluding hydrogens is 272 g/mol. The minimum absolute atomic E-state index is 0.954. The molecule has 0 aliphatic rings. The molecule has 3 nitrogen and oxygen atoms in total. The quantitative estimate of drug-likeness (QED) is 0.680. The number of hydrogen-bond donors (Lipinski definition) is 0. The molecule has 0 aliphatic carbocycles. The van der Waals surface area contributed by atoms with Crippen molar-refractivity contribution in [2.45, 2.75) is 20.4 Å². The zero-order valence-electron chi connectivity index (χ0n) is 13.7. The number of nitrogens with zero attached hydrogens (tertiary/aromatic N) is 2. The van der Waals surface area contributed by atoms with Crippen molar-refractivity contribution < 1.29 is 4.74 Å². The molecule has 0 saturated heterocycles. The smallest absolute Gasteiger partial charge is 0.128 e. The standard InChI is InChI=1S/C19H24N2O/c1-4-20(5-2)13-14-21-16-10-7-6-9-15(16)19-17(21)11-8-12-18(19)22-3/h6-12H,4-5,13-14H2,1-3H3. The number of aromatic nitrogens is 1. The summed E-state index contributed by atoms with van der Waals surface area (Å²) in [6.45, 7) is 8.70. The maximum atomic E-state index is 5.59. The first-order chi connectivity index (χ1) is 10.8. The molecule has 1 heterocycles. The van der Waals surface area contributed by atoms with Crippen LogP contribution in [-0.4, -0.2) is 36.2 Å². The van der Waals surface area contributed by atoms with Crippen LogP contribution in [0.25, 0.3) is 21.8 Å². The van der Waals surface area contributed by atoms with Gasteiger partial charge in [0, 0.05) is 29.4 Å². The number of benzene rings is 2. The molecule has 0 radical (unpaired) electrons. The fourth-order valence-corrected chi connectivity index (χ4v) is 3.26. The number of fused-ring (bicyclic) bond motifs is 3. The average Bonchev–Trinajstić information content (AvgIpc) is 2.90. The van der Waals surface area contributed by atoms with E-state index in [-0.39, 0.29) is 0 Å². The minimum Gasteiger partial charge on any atom is -0.496 e. The molecule has 3 aromatic rings. The van der Waals surface area contributed by atoms with E-state index in [0.717, 1.165) is 31.9 Å². The van der Waals surface area contributed by atoms with Gasteiger partial charge < -0.3 is 14.2 Å². The zero-order chi connectivity index (χ0) is 15.5. The van der Waals surface area contributed by atoms with Crippen LogP contribution in [0.5, 0.6) is 5.75 Å². The van der Waals surface area contributed by atoms with E-state index in [9.17, 15) is 0 Å². The van der Waals surface area contributed by atoms with E-state index < -0.39 is 0 Å². The summed E-state index contributed by atoms with van der Waals surface area (Å²) < 4.78 is 8.02. The lowest BCUT2D eigenvalue weighted by Gasteiger charge is -2.19. The van der Waals surface area contributed by atoms with Crippen molar-refractivity contribution in [3.05, 3.63) is 42.5 Å². The summed E-state index contributed by atoms with van der Waals surface area (Å²) in [6.07, 6.45) is 0. The first kappa shape index (κ1) is 14.9. The molecule has 0 amide bonds. The normalized spacial score (nSPS) is 11.6. The molecule has 22 heavy (non-hydrogen) atoms. The van der Waals surface area contributed by atoms with Gasteiger partial charge in [-0.1, -0.05) is 38.1 Å². The number of rotatable bonds is 6. The molecule has 0 bridgehead atoms. The van der Waals surface area contributed by atoms with E-state index in [4.69, 9.17) is 4.74 Å². The highest BCUT2D eigenvalue weighted by atomic mass is 16.5. The topological polar surface area (TPSA) is 17.4 Å². The number of para-hydroxylation sites is 1. The van der Waals surface area contributed by atoms with E-state index >= 15 is 0 Å². The first-order valence-electron chi connectivity index (χ1n) is 8.06. The first-order valence-corrected chi connectivity index (χ1v) is 8.06. The van der Waals surface area contributed by atoms with E-state index in [0.29, 0.717) is 0 Å². The van der Waals surface area contributed by atoms with E-state index in [1.54, 1.807) is 7.11 Å². The highest BCUT2D eigenvalue weighted by molar-refractivity contribution is 6.11. The zero-order valence-corrected chi connectivity index (χ0v) is 13.7. The van der Waals surface area contributed by atoms with Crippen LogP contribution >= 0.6 is 0 Å². The van der Waals surface area contributed by atoms with Crippen molar-refractivity contribution in [1.82, 2.24) is 9.47 Å². The van der Waals surface area contributed by atoms with Crippen LogP contribution in [0.3, 0.4) is 0 Å². The Balaban J connectivity index is 2.15. The Bertz CT molecular complexity index is 772.